The minimum Gasteiger partial charge on any atom is -0.360 e. The lowest BCUT2D eigenvalue weighted by molar-refractivity contribution is -0.121. The number of benzene rings is 1. The van der Waals surface area contributed by atoms with E-state index in [1.165, 1.54) is 3.97 Å². The third-order valence-electron chi connectivity index (χ3n) is 5.57. The van der Waals surface area contributed by atoms with Crippen LogP contribution in [0.25, 0.3) is 10.9 Å². The highest BCUT2D eigenvalue weighted by Crippen LogP contribution is 2.29. The minimum atomic E-state index is -3.86. The fourth-order valence-corrected chi connectivity index (χ4v) is 5.69. The van der Waals surface area contributed by atoms with Crippen LogP contribution in [0.5, 0.6) is 0 Å². The van der Waals surface area contributed by atoms with E-state index in [-0.39, 0.29) is 16.6 Å². The first-order valence-corrected chi connectivity index (χ1v) is 12.3. The molecule has 0 aliphatic heterocycles. The Balaban J connectivity index is 1.41. The molecule has 33 heavy (non-hydrogen) atoms. The molecule has 3 heterocycles. The van der Waals surface area contributed by atoms with Gasteiger partial charge in [-0.1, -0.05) is 23.4 Å². The molecule has 4 rings (SSSR count). The Bertz CT molecular complexity index is 1330. The van der Waals surface area contributed by atoms with Gasteiger partial charge in [0.2, 0.25) is 5.91 Å². The molecule has 0 spiro atoms. The molecular formula is C23H27N5O4S. The van der Waals surface area contributed by atoms with Crippen LogP contribution in [0.3, 0.4) is 0 Å². The molecule has 0 radical (unpaired) electrons. The quantitative estimate of drug-likeness (QED) is 0.357. The Morgan fingerprint density at radius 1 is 1.18 bits per heavy atom. The van der Waals surface area contributed by atoms with Crippen LogP contribution in [0.15, 0.2) is 58.6 Å². The monoisotopic (exact) mass is 469 g/mol. The fraction of sp³-hybridized carbons (Fsp3) is 0.348. The molecule has 1 aromatic carbocycles. The maximum atomic E-state index is 13.4. The first-order valence-electron chi connectivity index (χ1n) is 10.9. The number of para-hydroxylation sites is 1. The van der Waals surface area contributed by atoms with Gasteiger partial charge in [0.05, 0.1) is 11.8 Å². The third-order valence-corrected chi connectivity index (χ3v) is 7.49. The smallest absolute Gasteiger partial charge is 0.273 e. The topological polar surface area (TPSA) is 112 Å². The van der Waals surface area contributed by atoms with E-state index in [0.717, 1.165) is 23.9 Å². The molecule has 0 aliphatic carbocycles. The van der Waals surface area contributed by atoms with Crippen LogP contribution < -0.4 is 5.32 Å². The Kier molecular flexibility index (Phi) is 6.64. The minimum absolute atomic E-state index is 0.00675. The number of hydrogen-bond acceptors (Lipinski definition) is 6. The van der Waals surface area contributed by atoms with Crippen molar-refractivity contribution in [2.45, 2.75) is 51.0 Å². The highest BCUT2D eigenvalue weighted by atomic mass is 32.2. The summed E-state index contributed by atoms with van der Waals surface area (Å²) in [7, 11) is -3.86. The van der Waals surface area contributed by atoms with E-state index in [0.29, 0.717) is 37.0 Å². The average molecular weight is 470 g/mol. The van der Waals surface area contributed by atoms with Crippen LogP contribution in [0, 0.1) is 13.8 Å². The van der Waals surface area contributed by atoms with Crippen molar-refractivity contribution in [3.8, 4) is 0 Å². The molecule has 1 amide bonds. The predicted octanol–water partition coefficient (Wildman–Crippen LogP) is 3.21. The summed E-state index contributed by atoms with van der Waals surface area (Å²) in [6, 6.07) is 7.37. The van der Waals surface area contributed by atoms with Crippen LogP contribution in [0.4, 0.5) is 0 Å². The molecule has 0 aliphatic rings. The predicted molar refractivity (Wildman–Crippen MR) is 123 cm³/mol. The van der Waals surface area contributed by atoms with E-state index >= 15 is 0 Å². The van der Waals surface area contributed by atoms with Crippen molar-refractivity contribution >= 4 is 26.8 Å². The molecule has 10 heteroatoms. The lowest BCUT2D eigenvalue weighted by atomic mass is 10.1. The number of carbonyl (C=O) groups is 1. The van der Waals surface area contributed by atoms with Gasteiger partial charge >= 0.3 is 0 Å². The molecule has 0 bridgehead atoms. The van der Waals surface area contributed by atoms with Crippen molar-refractivity contribution < 1.29 is 17.7 Å². The largest absolute Gasteiger partial charge is 0.360 e. The summed E-state index contributed by atoms with van der Waals surface area (Å²) in [6.07, 6.45) is 9.44. The molecule has 0 atom stereocenters. The molecule has 1 N–H and O–H groups in total. The lowest BCUT2D eigenvalue weighted by Crippen LogP contribution is -2.24. The van der Waals surface area contributed by atoms with Gasteiger partial charge in [-0.3, -0.25) is 4.79 Å². The van der Waals surface area contributed by atoms with Crippen molar-refractivity contribution in [2.24, 2.45) is 0 Å². The normalized spacial score (nSPS) is 11.8. The standard InChI is InChI=1S/C23H27N5O4S/c1-17-23(18(2)32-26-17)33(30,31)28-15-19(20-8-3-4-9-21(20)28)7-5-10-22(29)25-11-6-13-27-14-12-24-16-27/h3-4,8-9,12,14-16H,5-7,10-11,13H2,1-2H3,(H,25,29). The molecule has 4 aromatic rings. The molecule has 0 fully saturated rings. The van der Waals surface area contributed by atoms with Crippen LogP contribution in [-0.4, -0.2) is 39.5 Å². The summed E-state index contributed by atoms with van der Waals surface area (Å²) in [5.41, 5.74) is 1.81. The Morgan fingerprint density at radius 2 is 2.00 bits per heavy atom. The van der Waals surface area contributed by atoms with Gasteiger partial charge in [-0.15, -0.1) is 0 Å². The van der Waals surface area contributed by atoms with E-state index in [9.17, 15) is 13.2 Å². The Morgan fingerprint density at radius 3 is 2.73 bits per heavy atom. The second-order valence-electron chi connectivity index (χ2n) is 7.98. The van der Waals surface area contributed by atoms with Crippen molar-refractivity contribution in [3.63, 3.8) is 0 Å². The number of fused-ring (bicyclic) bond motifs is 1. The maximum Gasteiger partial charge on any atom is 0.273 e. The van der Waals surface area contributed by atoms with Gasteiger partial charge in [-0.05, 0) is 44.7 Å². The van der Waals surface area contributed by atoms with E-state index in [2.05, 4.69) is 15.5 Å². The van der Waals surface area contributed by atoms with E-state index in [4.69, 9.17) is 4.52 Å². The molecule has 0 saturated heterocycles. The molecule has 174 valence electrons. The zero-order valence-electron chi connectivity index (χ0n) is 18.7. The van der Waals surface area contributed by atoms with Gasteiger partial charge in [-0.25, -0.2) is 17.4 Å². The number of imidazole rings is 1. The van der Waals surface area contributed by atoms with Crippen LogP contribution in [0.2, 0.25) is 0 Å². The van der Waals surface area contributed by atoms with Crippen molar-refractivity contribution in [3.05, 3.63) is 66.2 Å². The van der Waals surface area contributed by atoms with Gasteiger partial charge in [-0.2, -0.15) is 0 Å². The van der Waals surface area contributed by atoms with Crippen molar-refractivity contribution in [2.75, 3.05) is 6.54 Å². The first kappa shape index (κ1) is 22.8. The van der Waals surface area contributed by atoms with Crippen LogP contribution >= 0.6 is 0 Å². The number of hydrogen-bond donors (Lipinski definition) is 1. The Labute approximate surface area is 192 Å². The van der Waals surface area contributed by atoms with E-state index in [1.807, 2.05) is 29.0 Å². The number of nitrogens with one attached hydrogen (secondary N) is 1. The number of rotatable bonds is 10. The number of carbonyl (C=O) groups excluding carboxylic acids is 1. The summed E-state index contributed by atoms with van der Waals surface area (Å²) >= 11 is 0. The number of aromatic nitrogens is 4. The summed E-state index contributed by atoms with van der Waals surface area (Å²) in [5, 5.41) is 7.59. The molecule has 9 nitrogen and oxygen atoms in total. The van der Waals surface area contributed by atoms with Gasteiger partial charge in [0.15, 0.2) is 10.7 Å². The van der Waals surface area contributed by atoms with Gasteiger partial charge < -0.3 is 14.4 Å². The Hall–Kier alpha value is -3.40. The van der Waals surface area contributed by atoms with Crippen molar-refractivity contribution in [1.82, 2.24) is 24.0 Å². The summed E-state index contributed by atoms with van der Waals surface area (Å²) < 4.78 is 35.1. The SMILES string of the molecule is Cc1noc(C)c1S(=O)(=O)n1cc(CCCC(=O)NCCCn2ccnc2)c2ccccc21. The van der Waals surface area contributed by atoms with Gasteiger partial charge in [0.25, 0.3) is 10.0 Å². The van der Waals surface area contributed by atoms with Crippen LogP contribution in [-0.2, 0) is 27.8 Å². The summed E-state index contributed by atoms with van der Waals surface area (Å²) in [6.45, 7) is 4.61. The maximum absolute atomic E-state index is 13.4. The third kappa shape index (κ3) is 4.85. The second-order valence-corrected chi connectivity index (χ2v) is 9.73. The number of nitrogens with zero attached hydrogens (tertiary/aromatic N) is 4. The number of amides is 1. The van der Waals surface area contributed by atoms with Crippen LogP contribution in [0.1, 0.15) is 36.3 Å². The second kappa shape index (κ2) is 9.62. The summed E-state index contributed by atoms with van der Waals surface area (Å²) in [5.74, 6) is 0.254. The number of aryl methyl sites for hydroxylation is 4. The lowest BCUT2D eigenvalue weighted by Gasteiger charge is -2.06. The van der Waals surface area contributed by atoms with Crippen molar-refractivity contribution in [1.29, 1.82) is 0 Å². The fourth-order valence-electron chi connectivity index (χ4n) is 3.99. The zero-order valence-corrected chi connectivity index (χ0v) is 19.5. The van der Waals surface area contributed by atoms with E-state index < -0.39 is 10.0 Å². The molecule has 0 unspecified atom stereocenters. The summed E-state index contributed by atoms with van der Waals surface area (Å²) in [4.78, 5) is 16.3. The molecular weight excluding hydrogens is 442 g/mol. The zero-order chi connectivity index (χ0) is 23.4. The van der Waals surface area contributed by atoms with E-state index in [1.54, 1.807) is 38.6 Å². The van der Waals surface area contributed by atoms with Gasteiger partial charge in [0.1, 0.15) is 5.69 Å². The highest BCUT2D eigenvalue weighted by Gasteiger charge is 2.28. The average Bonchev–Trinajstić information content (AvgIpc) is 3.51. The molecule has 3 aromatic heterocycles. The highest BCUT2D eigenvalue weighted by molar-refractivity contribution is 7.90. The van der Waals surface area contributed by atoms with Gasteiger partial charge in [0, 0.05) is 43.5 Å². The molecule has 0 saturated carbocycles. The first-order chi connectivity index (χ1) is 15.9.